The Kier molecular flexibility index (Phi) is 2.61. The topological polar surface area (TPSA) is 77.4 Å². The largest absolute Gasteiger partial charge is 0.338 e. The molecule has 0 spiro atoms. The molecule has 0 bridgehead atoms. The fraction of sp³-hybridized carbons (Fsp3) is 0.167. The second kappa shape index (κ2) is 3.99. The van der Waals surface area contributed by atoms with Crippen molar-refractivity contribution in [3.05, 3.63) is 28.7 Å². The second-order valence-corrected chi connectivity index (χ2v) is 1.66. The highest BCUT2D eigenvalue weighted by molar-refractivity contribution is 5.24. The number of rotatable bonds is 1. The van der Waals surface area contributed by atoms with Crippen LogP contribution in [0.2, 0.25) is 0 Å². The summed E-state index contributed by atoms with van der Waals surface area (Å²) in [5, 5.41) is 3.24. The smallest absolute Gasteiger partial charge is 0.109 e. The van der Waals surface area contributed by atoms with Gasteiger partial charge in [-0.25, -0.2) is 4.98 Å². The Morgan fingerprint density at radius 3 is 3.36 bits per heavy atom. The van der Waals surface area contributed by atoms with E-state index >= 15 is 0 Å². The summed E-state index contributed by atoms with van der Waals surface area (Å²) in [6.07, 6.45) is 3.14. The van der Waals surface area contributed by atoms with Crippen molar-refractivity contribution in [2.45, 2.75) is 0 Å². The van der Waals surface area contributed by atoms with Crippen LogP contribution in [0.25, 0.3) is 10.4 Å². The van der Waals surface area contributed by atoms with Crippen molar-refractivity contribution in [2.75, 3.05) is 6.54 Å². The van der Waals surface area contributed by atoms with Crippen LogP contribution >= 0.6 is 0 Å². The van der Waals surface area contributed by atoms with Crippen LogP contribution in [0.15, 0.2) is 17.6 Å². The van der Waals surface area contributed by atoms with E-state index in [0.717, 1.165) is 5.69 Å². The Hall–Kier alpha value is -1.92. The van der Waals surface area contributed by atoms with Crippen LogP contribution in [0.3, 0.4) is 0 Å². The van der Waals surface area contributed by atoms with Crippen molar-refractivity contribution in [1.29, 1.82) is 0 Å². The molecule has 0 saturated carbocycles. The fourth-order valence-electron chi connectivity index (χ4n) is 0.526. The van der Waals surface area contributed by atoms with E-state index in [1.807, 2.05) is 0 Å². The molecule has 1 aromatic rings. The van der Waals surface area contributed by atoms with E-state index in [4.69, 9.17) is 5.53 Å². The molecule has 0 atom stereocenters. The molecule has 0 radical (unpaired) electrons. The minimum absolute atomic E-state index is 0.190. The summed E-state index contributed by atoms with van der Waals surface area (Å²) in [6.45, 7) is 0.190. The number of hydrogen-bond donors (Lipinski definition) is 1. The average molecular weight is 147 g/mol. The SMILES string of the molecule is [N-]=[N+]=NCC#Cc1cnc[nH]1. The number of aromatic nitrogens is 2. The molecular formula is C6H5N5. The van der Waals surface area contributed by atoms with Crippen LogP contribution in [0.1, 0.15) is 5.69 Å². The molecule has 0 aliphatic rings. The van der Waals surface area contributed by atoms with Crippen molar-refractivity contribution < 1.29 is 0 Å². The molecule has 0 amide bonds. The molecule has 5 nitrogen and oxygen atoms in total. The van der Waals surface area contributed by atoms with E-state index in [1.165, 1.54) is 6.33 Å². The minimum atomic E-state index is 0.190. The molecule has 11 heavy (non-hydrogen) atoms. The maximum absolute atomic E-state index is 7.89. The average Bonchev–Trinajstić information content (AvgIpc) is 2.50. The zero-order chi connectivity index (χ0) is 7.94. The monoisotopic (exact) mass is 147 g/mol. The Morgan fingerprint density at radius 2 is 2.73 bits per heavy atom. The van der Waals surface area contributed by atoms with Crippen molar-refractivity contribution >= 4 is 0 Å². The number of H-pyrrole nitrogens is 1. The van der Waals surface area contributed by atoms with Crippen LogP contribution in [0, 0.1) is 11.8 Å². The van der Waals surface area contributed by atoms with Crippen molar-refractivity contribution in [3.63, 3.8) is 0 Å². The summed E-state index contributed by atoms with van der Waals surface area (Å²) in [4.78, 5) is 9.11. The highest BCUT2D eigenvalue weighted by Crippen LogP contribution is 1.84. The van der Waals surface area contributed by atoms with Crippen LogP contribution in [0.4, 0.5) is 0 Å². The number of nitrogens with one attached hydrogen (secondary N) is 1. The summed E-state index contributed by atoms with van der Waals surface area (Å²) in [5.41, 5.74) is 8.61. The first-order valence-corrected chi connectivity index (χ1v) is 2.91. The third-order valence-electron chi connectivity index (χ3n) is 0.934. The van der Waals surface area contributed by atoms with Gasteiger partial charge in [-0.15, -0.1) is 0 Å². The number of hydrogen-bond acceptors (Lipinski definition) is 2. The summed E-state index contributed by atoms with van der Waals surface area (Å²) in [7, 11) is 0. The zero-order valence-corrected chi connectivity index (χ0v) is 5.65. The first-order chi connectivity index (χ1) is 5.43. The van der Waals surface area contributed by atoms with Crippen molar-refractivity contribution in [1.82, 2.24) is 9.97 Å². The number of aromatic amines is 1. The Labute approximate surface area is 63.1 Å². The number of azide groups is 1. The van der Waals surface area contributed by atoms with Crippen molar-refractivity contribution in [2.24, 2.45) is 5.11 Å². The zero-order valence-electron chi connectivity index (χ0n) is 5.65. The predicted molar refractivity (Wildman–Crippen MR) is 39.5 cm³/mol. The van der Waals surface area contributed by atoms with E-state index in [2.05, 4.69) is 31.8 Å². The maximum Gasteiger partial charge on any atom is 0.109 e. The van der Waals surface area contributed by atoms with E-state index in [0.29, 0.717) is 0 Å². The Balaban J connectivity index is 2.52. The molecular weight excluding hydrogens is 142 g/mol. The molecule has 0 aromatic carbocycles. The van der Waals surface area contributed by atoms with E-state index in [-0.39, 0.29) is 6.54 Å². The summed E-state index contributed by atoms with van der Waals surface area (Å²) in [5.74, 6) is 5.37. The summed E-state index contributed by atoms with van der Waals surface area (Å²) >= 11 is 0. The lowest BCUT2D eigenvalue weighted by Gasteiger charge is -1.74. The number of nitrogens with zero attached hydrogens (tertiary/aromatic N) is 4. The Morgan fingerprint density at radius 1 is 1.82 bits per heavy atom. The molecule has 0 saturated heterocycles. The second-order valence-electron chi connectivity index (χ2n) is 1.66. The summed E-state index contributed by atoms with van der Waals surface area (Å²) in [6, 6.07) is 0. The molecule has 54 valence electrons. The Bertz CT molecular complexity index is 308. The molecule has 1 rings (SSSR count). The molecule has 5 heteroatoms. The molecule has 1 heterocycles. The third-order valence-corrected chi connectivity index (χ3v) is 0.934. The molecule has 0 unspecified atom stereocenters. The molecule has 0 aliphatic heterocycles. The minimum Gasteiger partial charge on any atom is -0.338 e. The van der Waals surface area contributed by atoms with Gasteiger partial charge in [-0.05, 0) is 11.5 Å². The van der Waals surface area contributed by atoms with Gasteiger partial charge < -0.3 is 4.98 Å². The van der Waals surface area contributed by atoms with Crippen LogP contribution in [0.5, 0.6) is 0 Å². The van der Waals surface area contributed by atoms with Gasteiger partial charge in [-0.2, -0.15) is 0 Å². The first kappa shape index (κ1) is 7.19. The third kappa shape index (κ3) is 2.43. The standard InChI is InChI=1S/C6H5N5/c7-11-10-3-1-2-6-4-8-5-9-6/h4-5H,3H2,(H,8,9). The first-order valence-electron chi connectivity index (χ1n) is 2.91. The highest BCUT2D eigenvalue weighted by atomic mass is 15.1. The predicted octanol–water partition coefficient (Wildman–Crippen LogP) is 1.07. The van der Waals surface area contributed by atoms with E-state index < -0.39 is 0 Å². The van der Waals surface area contributed by atoms with Gasteiger partial charge in [0.2, 0.25) is 0 Å². The maximum atomic E-state index is 7.89. The summed E-state index contributed by atoms with van der Waals surface area (Å²) < 4.78 is 0. The quantitative estimate of drug-likeness (QED) is 0.274. The van der Waals surface area contributed by atoms with Gasteiger partial charge >= 0.3 is 0 Å². The highest BCUT2D eigenvalue weighted by Gasteiger charge is 1.81. The van der Waals surface area contributed by atoms with Gasteiger partial charge in [0.25, 0.3) is 0 Å². The van der Waals surface area contributed by atoms with Gasteiger partial charge in [0, 0.05) is 4.91 Å². The lowest BCUT2D eigenvalue weighted by molar-refractivity contribution is 1.25. The van der Waals surface area contributed by atoms with Crippen molar-refractivity contribution in [3.8, 4) is 11.8 Å². The number of imidazole rings is 1. The van der Waals surface area contributed by atoms with Crippen LogP contribution < -0.4 is 0 Å². The normalized spacial score (nSPS) is 7.64. The molecule has 1 N–H and O–H groups in total. The van der Waals surface area contributed by atoms with Gasteiger partial charge in [0.1, 0.15) is 5.69 Å². The van der Waals surface area contributed by atoms with Gasteiger partial charge in [0.15, 0.2) is 0 Å². The van der Waals surface area contributed by atoms with Gasteiger partial charge in [-0.3, -0.25) is 0 Å². The molecule has 1 aromatic heterocycles. The lowest BCUT2D eigenvalue weighted by atomic mass is 10.5. The molecule has 0 fully saturated rings. The van der Waals surface area contributed by atoms with Gasteiger partial charge in [-0.1, -0.05) is 11.0 Å². The van der Waals surface area contributed by atoms with E-state index in [1.54, 1.807) is 6.20 Å². The van der Waals surface area contributed by atoms with Crippen LogP contribution in [-0.4, -0.2) is 16.5 Å². The lowest BCUT2D eigenvalue weighted by Crippen LogP contribution is -1.72. The van der Waals surface area contributed by atoms with E-state index in [9.17, 15) is 0 Å². The van der Waals surface area contributed by atoms with Gasteiger partial charge in [0.05, 0.1) is 19.1 Å². The van der Waals surface area contributed by atoms with Crippen LogP contribution in [-0.2, 0) is 0 Å². The molecule has 0 aliphatic carbocycles. The fourth-order valence-corrected chi connectivity index (χ4v) is 0.526.